The van der Waals surface area contributed by atoms with Crippen LogP contribution in [0.2, 0.25) is 5.15 Å². The molecule has 1 aromatic carbocycles. The molecule has 0 N–H and O–H groups in total. The van der Waals surface area contributed by atoms with Crippen molar-refractivity contribution in [3.63, 3.8) is 0 Å². The maximum Gasteiger partial charge on any atom is 0.213 e. The maximum absolute atomic E-state index is 13.4. The highest BCUT2D eigenvalue weighted by molar-refractivity contribution is 6.32. The van der Waals surface area contributed by atoms with Gasteiger partial charge in [-0.25, -0.2) is 9.67 Å². The Balaban J connectivity index is 0.00000104. The van der Waals surface area contributed by atoms with E-state index in [-0.39, 0.29) is 5.15 Å². The lowest BCUT2D eigenvalue weighted by Gasteiger charge is -2.29. The first-order valence-corrected chi connectivity index (χ1v) is 13.1. The van der Waals surface area contributed by atoms with Crippen molar-refractivity contribution in [3.8, 4) is 11.3 Å². The summed E-state index contributed by atoms with van der Waals surface area (Å²) < 4.78 is 15.0. The summed E-state index contributed by atoms with van der Waals surface area (Å²) in [4.78, 5) is 19.5. The van der Waals surface area contributed by atoms with Crippen molar-refractivity contribution in [2.45, 2.75) is 60.4 Å². The zero-order valence-corrected chi connectivity index (χ0v) is 24.0. The number of hydrogen-bond acceptors (Lipinski definition) is 5. The van der Waals surface area contributed by atoms with Gasteiger partial charge in [-0.1, -0.05) is 96.0 Å². The van der Waals surface area contributed by atoms with Crippen LogP contribution in [0.1, 0.15) is 69.8 Å². The largest absolute Gasteiger partial charge is 0.365 e. The van der Waals surface area contributed by atoms with Crippen molar-refractivity contribution >= 4 is 23.7 Å². The van der Waals surface area contributed by atoms with E-state index in [1.165, 1.54) is 18.9 Å². The SMILES string of the molecule is C=C(N(C)C)N(CCC)c1nn(Cc2ccc(-c3cccc(F)n3)cc2)c(Cl)c1C=O.CCC.CCC. The molecule has 6 nitrogen and oxygen atoms in total. The summed E-state index contributed by atoms with van der Waals surface area (Å²) >= 11 is 6.50. The number of benzene rings is 1. The lowest BCUT2D eigenvalue weighted by Crippen LogP contribution is -2.32. The molecular formula is C29H41ClFN5O. The average Bonchev–Trinajstić information content (AvgIpc) is 3.18. The summed E-state index contributed by atoms with van der Waals surface area (Å²) in [7, 11) is 3.78. The molecule has 0 fully saturated rings. The highest BCUT2D eigenvalue weighted by atomic mass is 35.5. The molecule has 2 aromatic heterocycles. The molecule has 0 amide bonds. The van der Waals surface area contributed by atoms with Gasteiger partial charge in [-0.3, -0.25) is 4.79 Å². The van der Waals surface area contributed by atoms with Crippen LogP contribution in [0.25, 0.3) is 11.3 Å². The van der Waals surface area contributed by atoms with Gasteiger partial charge in [0.1, 0.15) is 11.0 Å². The first-order valence-electron chi connectivity index (χ1n) is 12.8. The van der Waals surface area contributed by atoms with E-state index < -0.39 is 5.95 Å². The van der Waals surface area contributed by atoms with Gasteiger partial charge >= 0.3 is 0 Å². The van der Waals surface area contributed by atoms with Crippen LogP contribution in [0.4, 0.5) is 10.2 Å². The molecule has 0 bridgehead atoms. The molecule has 0 saturated carbocycles. The van der Waals surface area contributed by atoms with Gasteiger partial charge in [0.05, 0.1) is 17.8 Å². The zero-order valence-electron chi connectivity index (χ0n) is 23.3. The Morgan fingerprint density at radius 2 is 1.65 bits per heavy atom. The van der Waals surface area contributed by atoms with Crippen LogP contribution in [0.15, 0.2) is 54.9 Å². The standard InChI is InChI=1S/C23H25ClFN5O.2C3H8/c1-5-13-29(16(2)28(3)4)23-19(15-31)22(24)30(27-23)14-17-9-11-18(12-10-17)20-7-6-8-21(25)26-20;2*1-3-2/h6-12,15H,2,5,13-14H2,1,3-4H3;2*3H2,1-2H3. The van der Waals surface area contributed by atoms with Crippen LogP contribution >= 0.6 is 11.6 Å². The number of aromatic nitrogens is 3. The summed E-state index contributed by atoms with van der Waals surface area (Å²) in [5.74, 6) is 0.689. The topological polar surface area (TPSA) is 54.3 Å². The zero-order chi connectivity index (χ0) is 28.0. The van der Waals surface area contributed by atoms with Crippen molar-refractivity contribution < 1.29 is 9.18 Å². The molecular weight excluding hydrogens is 489 g/mol. The van der Waals surface area contributed by atoms with Gasteiger partial charge in [0.2, 0.25) is 5.95 Å². The maximum atomic E-state index is 13.4. The fourth-order valence-corrected chi connectivity index (χ4v) is 3.42. The van der Waals surface area contributed by atoms with Crippen LogP contribution in [-0.2, 0) is 6.54 Å². The van der Waals surface area contributed by atoms with Gasteiger partial charge in [0, 0.05) is 26.2 Å². The number of pyridine rings is 1. The fourth-order valence-electron chi connectivity index (χ4n) is 3.19. The molecule has 3 rings (SSSR count). The summed E-state index contributed by atoms with van der Waals surface area (Å²) in [6.07, 6.45) is 4.08. The molecule has 0 unspecified atom stereocenters. The first kappa shape index (κ1) is 31.8. The van der Waals surface area contributed by atoms with Crippen molar-refractivity contribution in [2.75, 3.05) is 25.5 Å². The fraction of sp³-hybridized carbons (Fsp3) is 0.414. The molecule has 0 aliphatic heterocycles. The van der Waals surface area contributed by atoms with Gasteiger partial charge in [-0.05, 0) is 24.1 Å². The minimum atomic E-state index is -0.519. The molecule has 0 saturated heterocycles. The normalized spacial score (nSPS) is 9.97. The predicted molar refractivity (Wildman–Crippen MR) is 154 cm³/mol. The second kappa shape index (κ2) is 16.5. The molecule has 2 heterocycles. The van der Waals surface area contributed by atoms with E-state index in [1.807, 2.05) is 55.1 Å². The second-order valence-corrected chi connectivity index (χ2v) is 9.08. The van der Waals surface area contributed by atoms with E-state index in [2.05, 4.69) is 44.4 Å². The number of anilines is 1. The quantitative estimate of drug-likeness (QED) is 0.210. The van der Waals surface area contributed by atoms with Gasteiger partial charge in [-0.15, -0.1) is 0 Å². The third-order valence-corrected chi connectivity index (χ3v) is 5.25. The number of hydrogen-bond donors (Lipinski definition) is 0. The minimum Gasteiger partial charge on any atom is -0.365 e. The van der Waals surface area contributed by atoms with Crippen LogP contribution in [0, 0.1) is 5.95 Å². The molecule has 0 aliphatic carbocycles. The number of carbonyl (C=O) groups is 1. The van der Waals surface area contributed by atoms with E-state index in [1.54, 1.807) is 16.8 Å². The molecule has 37 heavy (non-hydrogen) atoms. The number of halogens is 2. The molecule has 3 aromatic rings. The third kappa shape index (κ3) is 9.32. The summed E-state index contributed by atoms with van der Waals surface area (Å²) in [5.41, 5.74) is 2.63. The summed E-state index contributed by atoms with van der Waals surface area (Å²) in [6.45, 7) is 15.7. The van der Waals surface area contributed by atoms with E-state index in [0.717, 1.165) is 29.7 Å². The van der Waals surface area contributed by atoms with Gasteiger partial charge < -0.3 is 9.80 Å². The number of carbonyl (C=O) groups excluding carboxylic acids is 1. The van der Waals surface area contributed by atoms with Crippen LogP contribution < -0.4 is 4.90 Å². The molecule has 0 aliphatic rings. The number of nitrogens with zero attached hydrogens (tertiary/aromatic N) is 5. The van der Waals surface area contributed by atoms with Crippen LogP contribution in [-0.4, -0.2) is 46.6 Å². The minimum absolute atomic E-state index is 0.272. The van der Waals surface area contributed by atoms with E-state index >= 15 is 0 Å². The van der Waals surface area contributed by atoms with Gasteiger partial charge in [0.25, 0.3) is 0 Å². The third-order valence-electron chi connectivity index (χ3n) is 4.85. The van der Waals surface area contributed by atoms with E-state index in [4.69, 9.17) is 11.6 Å². The Bertz CT molecular complexity index is 1110. The molecule has 0 spiro atoms. The Morgan fingerprint density at radius 1 is 1.05 bits per heavy atom. The highest BCUT2D eigenvalue weighted by Crippen LogP contribution is 2.29. The molecule has 202 valence electrons. The van der Waals surface area contributed by atoms with Gasteiger partial charge in [0.15, 0.2) is 12.1 Å². The number of aldehydes is 1. The Labute approximate surface area is 226 Å². The lowest BCUT2D eigenvalue weighted by molar-refractivity contribution is 0.112. The van der Waals surface area contributed by atoms with Crippen molar-refractivity contribution in [1.82, 2.24) is 19.7 Å². The Morgan fingerprint density at radius 3 is 2.14 bits per heavy atom. The second-order valence-electron chi connectivity index (χ2n) is 8.72. The monoisotopic (exact) mass is 529 g/mol. The molecule has 8 heteroatoms. The predicted octanol–water partition coefficient (Wildman–Crippen LogP) is 7.68. The Hall–Kier alpha value is -3.19. The molecule has 0 radical (unpaired) electrons. The lowest BCUT2D eigenvalue weighted by atomic mass is 10.1. The van der Waals surface area contributed by atoms with Crippen molar-refractivity contribution in [1.29, 1.82) is 0 Å². The first-order chi connectivity index (χ1) is 17.7. The smallest absolute Gasteiger partial charge is 0.213 e. The van der Waals surface area contributed by atoms with E-state index in [9.17, 15) is 9.18 Å². The van der Waals surface area contributed by atoms with Crippen molar-refractivity contribution in [3.05, 3.63) is 77.1 Å². The van der Waals surface area contributed by atoms with Crippen LogP contribution in [0.3, 0.4) is 0 Å². The van der Waals surface area contributed by atoms with Crippen LogP contribution in [0.5, 0.6) is 0 Å². The number of rotatable bonds is 9. The summed E-state index contributed by atoms with van der Waals surface area (Å²) in [6, 6.07) is 12.2. The summed E-state index contributed by atoms with van der Waals surface area (Å²) in [5, 5.41) is 4.89. The Kier molecular flexibility index (Phi) is 14.2. The molecule has 0 atom stereocenters. The van der Waals surface area contributed by atoms with Crippen molar-refractivity contribution in [2.24, 2.45) is 0 Å². The van der Waals surface area contributed by atoms with Gasteiger partial charge in [-0.2, -0.15) is 9.49 Å². The highest BCUT2D eigenvalue weighted by Gasteiger charge is 2.23. The average molecular weight is 530 g/mol. The van der Waals surface area contributed by atoms with E-state index in [0.29, 0.717) is 30.2 Å².